The fraction of sp³-hybridized carbons (Fsp3) is 0.333. The van der Waals surface area contributed by atoms with Crippen LogP contribution in [0.4, 0.5) is 0 Å². The molecule has 2 nitrogen and oxygen atoms in total. The Balaban J connectivity index is 3.08. The number of hydrogen-bond acceptors (Lipinski definition) is 2. The second-order valence-electron chi connectivity index (χ2n) is 3.17. The van der Waals surface area contributed by atoms with E-state index in [9.17, 15) is 5.11 Å². The zero-order chi connectivity index (χ0) is 10.6. The van der Waals surface area contributed by atoms with E-state index in [1.165, 1.54) is 5.57 Å². The number of allylic oxidation sites excluding steroid dienone is 2. The Labute approximate surface area is 84.5 Å². The SMILES string of the molecule is CC=C(CC)c1ccc(CO)c(O)c1. The van der Waals surface area contributed by atoms with Crippen molar-refractivity contribution in [2.45, 2.75) is 26.9 Å². The van der Waals surface area contributed by atoms with E-state index in [0.717, 1.165) is 12.0 Å². The van der Waals surface area contributed by atoms with Crippen molar-refractivity contribution in [3.63, 3.8) is 0 Å². The topological polar surface area (TPSA) is 40.5 Å². The van der Waals surface area contributed by atoms with Gasteiger partial charge in [0.05, 0.1) is 6.61 Å². The summed E-state index contributed by atoms with van der Waals surface area (Å²) in [5.41, 5.74) is 2.79. The molecule has 0 aromatic heterocycles. The summed E-state index contributed by atoms with van der Waals surface area (Å²) in [6.07, 6.45) is 2.97. The van der Waals surface area contributed by atoms with E-state index in [1.54, 1.807) is 12.1 Å². The van der Waals surface area contributed by atoms with E-state index in [0.29, 0.717) is 5.56 Å². The molecule has 1 rings (SSSR count). The molecule has 0 unspecified atom stereocenters. The summed E-state index contributed by atoms with van der Waals surface area (Å²) >= 11 is 0. The third-order valence-electron chi connectivity index (χ3n) is 2.36. The first-order chi connectivity index (χ1) is 6.72. The summed E-state index contributed by atoms with van der Waals surface area (Å²) in [6.45, 7) is 3.94. The molecule has 0 aliphatic carbocycles. The first-order valence-electron chi connectivity index (χ1n) is 4.81. The Bertz CT molecular complexity index is 340. The predicted octanol–water partition coefficient (Wildman–Crippen LogP) is 2.70. The first-order valence-corrected chi connectivity index (χ1v) is 4.81. The van der Waals surface area contributed by atoms with Crippen molar-refractivity contribution < 1.29 is 10.2 Å². The molecule has 0 amide bonds. The van der Waals surface area contributed by atoms with Gasteiger partial charge in [0.15, 0.2) is 0 Å². The molecule has 0 saturated carbocycles. The van der Waals surface area contributed by atoms with Gasteiger partial charge >= 0.3 is 0 Å². The molecule has 2 N–H and O–H groups in total. The molecule has 0 fully saturated rings. The second kappa shape index (κ2) is 4.82. The zero-order valence-corrected chi connectivity index (χ0v) is 8.62. The number of hydrogen-bond donors (Lipinski definition) is 2. The lowest BCUT2D eigenvalue weighted by Gasteiger charge is -2.07. The number of phenols is 1. The van der Waals surface area contributed by atoms with Gasteiger partial charge in [-0.25, -0.2) is 0 Å². The summed E-state index contributed by atoms with van der Waals surface area (Å²) in [6, 6.07) is 5.37. The van der Waals surface area contributed by atoms with E-state index >= 15 is 0 Å². The first kappa shape index (κ1) is 10.8. The zero-order valence-electron chi connectivity index (χ0n) is 8.62. The Morgan fingerprint density at radius 2 is 2.14 bits per heavy atom. The number of rotatable bonds is 3. The molecule has 76 valence electrons. The highest BCUT2D eigenvalue weighted by atomic mass is 16.3. The van der Waals surface area contributed by atoms with Gasteiger partial charge in [0.1, 0.15) is 5.75 Å². The average molecular weight is 192 g/mol. The Morgan fingerprint density at radius 3 is 2.57 bits per heavy atom. The maximum Gasteiger partial charge on any atom is 0.121 e. The Hall–Kier alpha value is -1.28. The Morgan fingerprint density at radius 1 is 1.43 bits per heavy atom. The van der Waals surface area contributed by atoms with Crippen molar-refractivity contribution >= 4 is 5.57 Å². The van der Waals surface area contributed by atoms with Crippen LogP contribution in [0.2, 0.25) is 0 Å². The van der Waals surface area contributed by atoms with E-state index in [2.05, 4.69) is 6.92 Å². The van der Waals surface area contributed by atoms with Gasteiger partial charge in [-0.3, -0.25) is 0 Å². The van der Waals surface area contributed by atoms with Gasteiger partial charge in [-0.1, -0.05) is 25.1 Å². The molecule has 0 heterocycles. The maximum absolute atomic E-state index is 9.54. The third kappa shape index (κ3) is 2.15. The van der Waals surface area contributed by atoms with Gasteiger partial charge in [0.2, 0.25) is 0 Å². The van der Waals surface area contributed by atoms with Gasteiger partial charge in [0.25, 0.3) is 0 Å². The highest BCUT2D eigenvalue weighted by Gasteiger charge is 2.03. The van der Waals surface area contributed by atoms with Crippen molar-refractivity contribution in [2.75, 3.05) is 0 Å². The van der Waals surface area contributed by atoms with Crippen molar-refractivity contribution in [3.05, 3.63) is 35.4 Å². The molecule has 0 spiro atoms. The minimum absolute atomic E-state index is 0.122. The lowest BCUT2D eigenvalue weighted by atomic mass is 10.0. The lowest BCUT2D eigenvalue weighted by molar-refractivity contribution is 0.275. The molecule has 14 heavy (non-hydrogen) atoms. The van der Waals surface area contributed by atoms with Crippen LogP contribution in [-0.4, -0.2) is 10.2 Å². The molecule has 1 aromatic carbocycles. The molecule has 0 aliphatic heterocycles. The quantitative estimate of drug-likeness (QED) is 0.773. The van der Waals surface area contributed by atoms with Crippen LogP contribution < -0.4 is 0 Å². The lowest BCUT2D eigenvalue weighted by Crippen LogP contribution is -1.87. The van der Waals surface area contributed by atoms with Crippen LogP contribution in [0.25, 0.3) is 5.57 Å². The largest absolute Gasteiger partial charge is 0.508 e. The van der Waals surface area contributed by atoms with E-state index < -0.39 is 0 Å². The number of benzene rings is 1. The molecule has 2 heteroatoms. The predicted molar refractivity (Wildman–Crippen MR) is 58.0 cm³/mol. The van der Waals surface area contributed by atoms with Crippen LogP contribution >= 0.6 is 0 Å². The minimum atomic E-state index is -0.122. The van der Waals surface area contributed by atoms with Crippen LogP contribution in [0, 0.1) is 0 Å². The molecule has 1 aromatic rings. The highest BCUT2D eigenvalue weighted by molar-refractivity contribution is 5.66. The van der Waals surface area contributed by atoms with Crippen molar-refractivity contribution in [3.8, 4) is 5.75 Å². The number of aromatic hydroxyl groups is 1. The Kier molecular flexibility index (Phi) is 3.72. The summed E-state index contributed by atoms with van der Waals surface area (Å²) in [7, 11) is 0. The third-order valence-corrected chi connectivity index (χ3v) is 2.36. The number of aliphatic hydroxyl groups excluding tert-OH is 1. The number of aliphatic hydroxyl groups is 1. The second-order valence-corrected chi connectivity index (χ2v) is 3.17. The molecule has 0 aliphatic rings. The molecule has 0 atom stereocenters. The van der Waals surface area contributed by atoms with Crippen LogP contribution in [-0.2, 0) is 6.61 Å². The maximum atomic E-state index is 9.54. The fourth-order valence-corrected chi connectivity index (χ4v) is 1.47. The van der Waals surface area contributed by atoms with Gasteiger partial charge in [-0.2, -0.15) is 0 Å². The monoisotopic (exact) mass is 192 g/mol. The molecular formula is C12H16O2. The molecular weight excluding hydrogens is 176 g/mol. The van der Waals surface area contributed by atoms with Gasteiger partial charge < -0.3 is 10.2 Å². The normalized spacial score (nSPS) is 11.8. The summed E-state index contributed by atoms with van der Waals surface area (Å²) in [5, 5.41) is 18.4. The highest BCUT2D eigenvalue weighted by Crippen LogP contribution is 2.25. The molecule has 0 bridgehead atoms. The van der Waals surface area contributed by atoms with E-state index in [-0.39, 0.29) is 12.4 Å². The van der Waals surface area contributed by atoms with Crippen LogP contribution in [0.15, 0.2) is 24.3 Å². The van der Waals surface area contributed by atoms with Crippen LogP contribution in [0.3, 0.4) is 0 Å². The smallest absolute Gasteiger partial charge is 0.121 e. The standard InChI is InChI=1S/C12H16O2/c1-3-9(4-2)10-5-6-11(8-13)12(14)7-10/h3,5-7,13-14H,4,8H2,1-2H3. The molecule has 0 radical (unpaired) electrons. The fourth-order valence-electron chi connectivity index (χ4n) is 1.47. The van der Waals surface area contributed by atoms with Crippen molar-refractivity contribution in [2.24, 2.45) is 0 Å². The molecule has 0 saturated heterocycles. The van der Waals surface area contributed by atoms with Crippen LogP contribution in [0.5, 0.6) is 5.75 Å². The van der Waals surface area contributed by atoms with E-state index in [4.69, 9.17) is 5.11 Å². The average Bonchev–Trinajstić information content (AvgIpc) is 2.20. The summed E-state index contributed by atoms with van der Waals surface area (Å²) in [4.78, 5) is 0. The van der Waals surface area contributed by atoms with Gasteiger partial charge in [-0.05, 0) is 30.5 Å². The minimum Gasteiger partial charge on any atom is -0.508 e. The van der Waals surface area contributed by atoms with Gasteiger partial charge in [-0.15, -0.1) is 0 Å². The van der Waals surface area contributed by atoms with E-state index in [1.807, 2.05) is 19.1 Å². The van der Waals surface area contributed by atoms with Crippen LogP contribution in [0.1, 0.15) is 31.4 Å². The van der Waals surface area contributed by atoms with Crippen molar-refractivity contribution in [1.82, 2.24) is 0 Å². The summed E-state index contributed by atoms with van der Waals surface area (Å²) < 4.78 is 0. The van der Waals surface area contributed by atoms with Crippen molar-refractivity contribution in [1.29, 1.82) is 0 Å². The van der Waals surface area contributed by atoms with Gasteiger partial charge in [0, 0.05) is 5.56 Å². The summed E-state index contributed by atoms with van der Waals surface area (Å²) in [5.74, 6) is 0.165.